The Labute approximate surface area is 195 Å². The molecular weight excluding hydrogens is 432 g/mol. The van der Waals surface area contributed by atoms with E-state index in [1.807, 2.05) is 17.0 Å². The lowest BCUT2D eigenvalue weighted by Gasteiger charge is -2.42. The maximum absolute atomic E-state index is 13.2. The Morgan fingerprint density at radius 1 is 1.06 bits per heavy atom. The number of likely N-dealkylation sites (tertiary alicyclic amines) is 1. The zero-order chi connectivity index (χ0) is 23.7. The second-order valence-electron chi connectivity index (χ2n) is 8.61. The highest BCUT2D eigenvalue weighted by atomic mass is 16.2. The number of nitriles is 1. The molecule has 9 heteroatoms. The number of amides is 3. The summed E-state index contributed by atoms with van der Waals surface area (Å²) in [7, 11) is 0. The summed E-state index contributed by atoms with van der Waals surface area (Å²) in [5.41, 5.74) is 2.24. The highest BCUT2D eigenvalue weighted by Gasteiger charge is 2.37. The van der Waals surface area contributed by atoms with Crippen LogP contribution in [0.5, 0.6) is 0 Å². The Balaban J connectivity index is 1.32. The highest BCUT2D eigenvalue weighted by molar-refractivity contribution is 5.99. The molecule has 0 saturated carbocycles. The van der Waals surface area contributed by atoms with Crippen LogP contribution in [0.15, 0.2) is 65.7 Å². The Morgan fingerprint density at radius 3 is 2.74 bits per heavy atom. The molecule has 1 saturated heterocycles. The first kappa shape index (κ1) is 21.4. The summed E-state index contributed by atoms with van der Waals surface area (Å²) >= 11 is 0. The molecule has 2 N–H and O–H groups in total. The first-order valence-electron chi connectivity index (χ1n) is 11.0. The third kappa shape index (κ3) is 4.13. The van der Waals surface area contributed by atoms with E-state index in [0.717, 1.165) is 12.1 Å². The molecule has 5 rings (SSSR count). The Bertz CT molecular complexity index is 1360. The topological polar surface area (TPSA) is 120 Å². The van der Waals surface area contributed by atoms with E-state index in [1.54, 1.807) is 59.4 Å². The van der Waals surface area contributed by atoms with Crippen molar-refractivity contribution in [3.63, 3.8) is 0 Å². The fraction of sp³-hybridized carbons (Fsp3) is 0.240. The molecule has 1 fully saturated rings. The van der Waals surface area contributed by atoms with Gasteiger partial charge in [0.25, 0.3) is 11.5 Å². The largest absolute Gasteiger partial charge is 0.338 e. The van der Waals surface area contributed by atoms with Crippen LogP contribution in [0.25, 0.3) is 0 Å². The van der Waals surface area contributed by atoms with Crippen molar-refractivity contribution in [1.29, 1.82) is 5.26 Å². The fourth-order valence-electron chi connectivity index (χ4n) is 4.83. The van der Waals surface area contributed by atoms with Crippen molar-refractivity contribution in [3.8, 4) is 6.07 Å². The molecule has 0 spiro atoms. The minimum absolute atomic E-state index is 0.0472. The maximum Gasteiger partial charge on any atom is 0.323 e. The number of nitrogens with one attached hydrogen (secondary N) is 2. The van der Waals surface area contributed by atoms with E-state index in [-0.39, 0.29) is 29.0 Å². The second-order valence-corrected chi connectivity index (χ2v) is 8.61. The van der Waals surface area contributed by atoms with Crippen LogP contribution in [0.2, 0.25) is 0 Å². The lowest BCUT2D eigenvalue weighted by atomic mass is 9.83. The molecule has 2 bridgehead atoms. The van der Waals surface area contributed by atoms with Gasteiger partial charge in [-0.05, 0) is 54.8 Å². The summed E-state index contributed by atoms with van der Waals surface area (Å²) < 4.78 is 1.72. The predicted molar refractivity (Wildman–Crippen MR) is 125 cm³/mol. The first-order valence-corrected chi connectivity index (χ1v) is 11.0. The standard InChI is InChI=1S/C25H22N6O3/c26-11-16-3-1-5-20(10-16)28-25(34)29-21-6-7-22-19-9-17(14-31(22)24(21)33)13-30(15-19)23(32)18-4-2-8-27-12-18/h1-8,10,12,17,19H,9,13-15H2,(H2,28,29,34)/t17-,19+/m0/s1. The quantitative estimate of drug-likeness (QED) is 0.630. The molecule has 1 aromatic carbocycles. The molecule has 0 aliphatic carbocycles. The summed E-state index contributed by atoms with van der Waals surface area (Å²) in [5.74, 6) is 0.161. The summed E-state index contributed by atoms with van der Waals surface area (Å²) in [6, 6.07) is 15.0. The van der Waals surface area contributed by atoms with Crippen LogP contribution < -0.4 is 16.2 Å². The molecule has 9 nitrogen and oxygen atoms in total. The molecule has 3 amide bonds. The van der Waals surface area contributed by atoms with Gasteiger partial charge in [-0.2, -0.15) is 5.26 Å². The molecule has 2 aliphatic rings. The molecule has 34 heavy (non-hydrogen) atoms. The summed E-state index contributed by atoms with van der Waals surface area (Å²) in [6.07, 6.45) is 4.13. The highest BCUT2D eigenvalue weighted by Crippen LogP contribution is 2.36. The molecule has 0 unspecified atom stereocenters. The second kappa shape index (κ2) is 8.83. The van der Waals surface area contributed by atoms with Gasteiger partial charge >= 0.3 is 6.03 Å². The van der Waals surface area contributed by atoms with Gasteiger partial charge in [0.05, 0.1) is 17.2 Å². The number of rotatable bonds is 3. The van der Waals surface area contributed by atoms with Crippen molar-refractivity contribution in [1.82, 2.24) is 14.5 Å². The number of hydrogen-bond donors (Lipinski definition) is 2. The van der Waals surface area contributed by atoms with Crippen molar-refractivity contribution in [2.45, 2.75) is 18.9 Å². The molecule has 2 atom stereocenters. The number of hydrogen-bond acceptors (Lipinski definition) is 5. The Morgan fingerprint density at radius 2 is 1.94 bits per heavy atom. The van der Waals surface area contributed by atoms with Gasteiger partial charge in [-0.3, -0.25) is 14.6 Å². The lowest BCUT2D eigenvalue weighted by Crippen LogP contribution is -2.49. The average molecular weight is 454 g/mol. The van der Waals surface area contributed by atoms with E-state index in [2.05, 4.69) is 15.6 Å². The van der Waals surface area contributed by atoms with E-state index in [4.69, 9.17) is 5.26 Å². The van der Waals surface area contributed by atoms with Gasteiger partial charge in [0.1, 0.15) is 5.69 Å². The molecule has 2 aromatic heterocycles. The van der Waals surface area contributed by atoms with Crippen LogP contribution in [0.4, 0.5) is 16.2 Å². The minimum Gasteiger partial charge on any atom is -0.338 e. The third-order valence-corrected chi connectivity index (χ3v) is 6.30. The Kier molecular flexibility index (Phi) is 5.55. The number of pyridine rings is 2. The number of nitrogens with zero attached hydrogens (tertiary/aromatic N) is 4. The van der Waals surface area contributed by atoms with Crippen LogP contribution in [-0.4, -0.2) is 39.5 Å². The normalized spacial score (nSPS) is 18.4. The first-order chi connectivity index (χ1) is 16.5. The van der Waals surface area contributed by atoms with E-state index < -0.39 is 6.03 Å². The summed E-state index contributed by atoms with van der Waals surface area (Å²) in [5, 5.41) is 14.3. The zero-order valence-corrected chi connectivity index (χ0v) is 18.3. The van der Waals surface area contributed by atoms with E-state index in [1.165, 1.54) is 0 Å². The van der Waals surface area contributed by atoms with Gasteiger partial charge in [0, 0.05) is 49.3 Å². The number of aromatic nitrogens is 2. The fourth-order valence-corrected chi connectivity index (χ4v) is 4.83. The monoisotopic (exact) mass is 454 g/mol. The SMILES string of the molecule is N#Cc1cccc(NC(=O)Nc2ccc3n(c2=O)C[C@H]2C[C@@H]3CN(C(=O)c3cccnc3)C2)c1. The number of carbonyl (C=O) groups is 2. The number of fused-ring (bicyclic) bond motifs is 4. The number of piperidine rings is 1. The van der Waals surface area contributed by atoms with Crippen LogP contribution in [0.1, 0.15) is 34.0 Å². The van der Waals surface area contributed by atoms with Gasteiger partial charge < -0.3 is 20.1 Å². The zero-order valence-electron chi connectivity index (χ0n) is 18.3. The maximum atomic E-state index is 13.2. The predicted octanol–water partition coefficient (Wildman–Crippen LogP) is 3.02. The molecular formula is C25H22N6O3. The summed E-state index contributed by atoms with van der Waals surface area (Å²) in [6.45, 7) is 1.60. The van der Waals surface area contributed by atoms with Crippen molar-refractivity contribution in [2.24, 2.45) is 5.92 Å². The van der Waals surface area contributed by atoms with Crippen LogP contribution in [-0.2, 0) is 6.54 Å². The van der Waals surface area contributed by atoms with Gasteiger partial charge in [-0.25, -0.2) is 4.79 Å². The molecule has 4 heterocycles. The number of urea groups is 1. The smallest absolute Gasteiger partial charge is 0.323 e. The van der Waals surface area contributed by atoms with Gasteiger partial charge in [0.15, 0.2) is 0 Å². The molecule has 3 aromatic rings. The third-order valence-electron chi connectivity index (χ3n) is 6.30. The van der Waals surface area contributed by atoms with Crippen molar-refractivity contribution in [3.05, 3.63) is 88.1 Å². The van der Waals surface area contributed by atoms with Crippen molar-refractivity contribution < 1.29 is 9.59 Å². The van der Waals surface area contributed by atoms with Gasteiger partial charge in [-0.1, -0.05) is 6.07 Å². The summed E-state index contributed by atoms with van der Waals surface area (Å²) in [4.78, 5) is 44.4. The Hall–Kier alpha value is -4.45. The number of carbonyl (C=O) groups excluding carboxylic acids is 2. The average Bonchev–Trinajstić information content (AvgIpc) is 2.86. The van der Waals surface area contributed by atoms with Crippen molar-refractivity contribution >= 4 is 23.3 Å². The van der Waals surface area contributed by atoms with Crippen molar-refractivity contribution in [2.75, 3.05) is 23.7 Å². The van der Waals surface area contributed by atoms with Gasteiger partial charge in [-0.15, -0.1) is 0 Å². The van der Waals surface area contributed by atoms with E-state index >= 15 is 0 Å². The van der Waals surface area contributed by atoms with Crippen LogP contribution in [0, 0.1) is 17.2 Å². The van der Waals surface area contributed by atoms with Crippen LogP contribution in [0.3, 0.4) is 0 Å². The number of anilines is 2. The lowest BCUT2D eigenvalue weighted by molar-refractivity contribution is 0.0594. The molecule has 0 radical (unpaired) electrons. The number of benzene rings is 1. The molecule has 2 aliphatic heterocycles. The van der Waals surface area contributed by atoms with Crippen LogP contribution >= 0.6 is 0 Å². The van der Waals surface area contributed by atoms with Gasteiger partial charge in [0.2, 0.25) is 0 Å². The van der Waals surface area contributed by atoms with E-state index in [9.17, 15) is 14.4 Å². The molecule has 170 valence electrons. The van der Waals surface area contributed by atoms with E-state index in [0.29, 0.717) is 36.4 Å². The minimum atomic E-state index is -0.558.